The summed E-state index contributed by atoms with van der Waals surface area (Å²) in [6, 6.07) is 0.708. The Morgan fingerprint density at radius 1 is 1.00 bits per heavy atom. The molecule has 0 bridgehead atoms. The maximum Gasteiger partial charge on any atom is 0.697 e. The lowest BCUT2D eigenvalue weighted by Gasteiger charge is -2.05. The molecule has 2 N–H and O–H groups in total. The molecule has 2 rings (SSSR count). The van der Waals surface area contributed by atoms with Gasteiger partial charge in [0.05, 0.1) is 0 Å². The molecule has 2 atom stereocenters. The first kappa shape index (κ1) is 12.4. The largest absolute Gasteiger partial charge is 0.697 e. The number of rotatable bonds is 6. The van der Waals surface area contributed by atoms with E-state index in [1.54, 1.807) is 0 Å². The van der Waals surface area contributed by atoms with Gasteiger partial charge in [0, 0.05) is 16.6 Å². The molecule has 0 aromatic heterocycles. The lowest BCUT2D eigenvalue weighted by molar-refractivity contribution is 0.198. The van der Waals surface area contributed by atoms with Gasteiger partial charge in [0.2, 0.25) is 0 Å². The Balaban J connectivity index is 1.53. The fourth-order valence-corrected chi connectivity index (χ4v) is 2.81. The maximum absolute atomic E-state index is 11.4. The van der Waals surface area contributed by atoms with Gasteiger partial charge in [-0.15, -0.1) is 9.05 Å². The number of hydrogen-bond donors (Lipinski definition) is 2. The van der Waals surface area contributed by atoms with Crippen molar-refractivity contribution in [3.8, 4) is 0 Å². The van der Waals surface area contributed by atoms with Crippen molar-refractivity contribution in [3.63, 3.8) is 0 Å². The van der Waals surface area contributed by atoms with E-state index in [9.17, 15) is 4.57 Å². The molecule has 2 heterocycles. The van der Waals surface area contributed by atoms with Gasteiger partial charge in [-0.25, -0.2) is 0 Å². The summed E-state index contributed by atoms with van der Waals surface area (Å²) in [7, 11) is -1.94. The molecule has 0 radical (unpaired) electrons. The Morgan fingerprint density at radius 2 is 1.50 bits per heavy atom. The first-order valence-electron chi connectivity index (χ1n) is 6.04. The Bertz CT molecular complexity index is 206. The summed E-state index contributed by atoms with van der Waals surface area (Å²) in [4.78, 5) is 0. The molecule has 0 amide bonds. The van der Waals surface area contributed by atoms with Crippen LogP contribution in [0.2, 0.25) is 0 Å². The van der Waals surface area contributed by atoms with Gasteiger partial charge in [0.15, 0.2) is 0 Å². The van der Waals surface area contributed by atoms with E-state index in [4.69, 9.17) is 9.05 Å². The third-order valence-corrected chi connectivity index (χ3v) is 3.81. The molecule has 92 valence electrons. The second-order valence-corrected chi connectivity index (χ2v) is 5.37. The monoisotopic (exact) mass is 247 g/mol. The van der Waals surface area contributed by atoms with Crippen molar-refractivity contribution in [2.24, 2.45) is 0 Å². The average Bonchev–Trinajstić information content (AvgIpc) is 2.96. The topological polar surface area (TPSA) is 59.6 Å². The highest BCUT2D eigenvalue weighted by molar-refractivity contribution is 7.33. The van der Waals surface area contributed by atoms with E-state index in [0.29, 0.717) is 25.3 Å². The zero-order chi connectivity index (χ0) is 11.2. The van der Waals surface area contributed by atoms with Crippen molar-refractivity contribution in [3.05, 3.63) is 0 Å². The van der Waals surface area contributed by atoms with Crippen molar-refractivity contribution in [2.75, 3.05) is 26.3 Å². The fourth-order valence-electron chi connectivity index (χ4n) is 2.14. The van der Waals surface area contributed by atoms with Crippen LogP contribution in [0.4, 0.5) is 0 Å². The molecular weight excluding hydrogens is 227 g/mol. The standard InChI is InChI=1S/C10H20N2O3P/c13-16(14-7-9-3-1-5-11-9)15-8-10-4-2-6-12-10/h9-12H,1-8H2/q+1/t9-,10-/m0/s1. The van der Waals surface area contributed by atoms with E-state index in [1.165, 1.54) is 12.8 Å². The molecule has 16 heavy (non-hydrogen) atoms. The van der Waals surface area contributed by atoms with E-state index in [0.717, 1.165) is 25.9 Å². The molecular formula is C10H20N2O3P+. The van der Waals surface area contributed by atoms with Crippen molar-refractivity contribution in [1.29, 1.82) is 0 Å². The van der Waals surface area contributed by atoms with Gasteiger partial charge in [-0.3, -0.25) is 0 Å². The van der Waals surface area contributed by atoms with Crippen molar-refractivity contribution in [2.45, 2.75) is 37.8 Å². The molecule has 2 aliphatic heterocycles. The molecule has 0 aromatic carbocycles. The van der Waals surface area contributed by atoms with Gasteiger partial charge in [-0.1, -0.05) is 0 Å². The summed E-state index contributed by atoms with van der Waals surface area (Å²) < 4.78 is 21.8. The van der Waals surface area contributed by atoms with E-state index in [2.05, 4.69) is 10.6 Å². The molecule has 0 aromatic rings. The zero-order valence-electron chi connectivity index (χ0n) is 9.48. The molecule has 0 saturated carbocycles. The van der Waals surface area contributed by atoms with Gasteiger partial charge in [-0.05, 0) is 38.8 Å². The third-order valence-electron chi connectivity index (χ3n) is 3.09. The highest BCUT2D eigenvalue weighted by Crippen LogP contribution is 2.25. The van der Waals surface area contributed by atoms with Crippen molar-refractivity contribution >= 4 is 8.25 Å². The molecule has 5 nitrogen and oxygen atoms in total. The number of nitrogens with one attached hydrogen (secondary N) is 2. The van der Waals surface area contributed by atoms with Gasteiger partial charge < -0.3 is 10.6 Å². The number of hydrogen-bond acceptors (Lipinski definition) is 5. The molecule has 2 fully saturated rings. The molecule has 2 aliphatic rings. The minimum absolute atomic E-state index is 0.354. The van der Waals surface area contributed by atoms with Crippen LogP contribution >= 0.6 is 8.25 Å². The van der Waals surface area contributed by atoms with E-state index >= 15 is 0 Å². The second kappa shape index (κ2) is 6.62. The molecule has 2 saturated heterocycles. The van der Waals surface area contributed by atoms with Gasteiger partial charge in [0.1, 0.15) is 13.2 Å². The second-order valence-electron chi connectivity index (χ2n) is 4.40. The Kier molecular flexibility index (Phi) is 5.13. The molecule has 0 aliphatic carbocycles. The van der Waals surface area contributed by atoms with Crippen LogP contribution in [0.5, 0.6) is 0 Å². The van der Waals surface area contributed by atoms with Crippen LogP contribution in [0.15, 0.2) is 0 Å². The fraction of sp³-hybridized carbons (Fsp3) is 1.00. The first-order chi connectivity index (χ1) is 7.84. The first-order valence-corrected chi connectivity index (χ1v) is 7.14. The normalized spacial score (nSPS) is 29.8. The van der Waals surface area contributed by atoms with E-state index in [-0.39, 0.29) is 0 Å². The van der Waals surface area contributed by atoms with Gasteiger partial charge >= 0.3 is 8.25 Å². The smallest absolute Gasteiger partial charge is 0.311 e. The average molecular weight is 247 g/mol. The summed E-state index contributed by atoms with van der Waals surface area (Å²) in [6.07, 6.45) is 4.57. The Hall–Kier alpha value is -0.0600. The zero-order valence-corrected chi connectivity index (χ0v) is 10.4. The van der Waals surface area contributed by atoms with E-state index < -0.39 is 8.25 Å². The van der Waals surface area contributed by atoms with Gasteiger partial charge in [0.25, 0.3) is 0 Å². The van der Waals surface area contributed by atoms with Crippen LogP contribution in [0.3, 0.4) is 0 Å². The Labute approximate surface area is 97.2 Å². The van der Waals surface area contributed by atoms with Gasteiger partial charge in [-0.2, -0.15) is 0 Å². The molecule has 0 spiro atoms. The predicted octanol–water partition coefficient (Wildman–Crippen LogP) is 1.18. The van der Waals surface area contributed by atoms with Crippen LogP contribution in [-0.2, 0) is 13.6 Å². The molecule has 6 heteroatoms. The molecule has 0 unspecified atom stereocenters. The SMILES string of the molecule is O=[P+](OC[C@@H]1CCCN1)OC[C@@H]1CCCN1. The van der Waals surface area contributed by atoms with Crippen LogP contribution in [-0.4, -0.2) is 38.4 Å². The summed E-state index contributed by atoms with van der Waals surface area (Å²) in [5.74, 6) is 0. The van der Waals surface area contributed by atoms with E-state index in [1.807, 2.05) is 0 Å². The summed E-state index contributed by atoms with van der Waals surface area (Å²) in [6.45, 7) is 3.07. The Morgan fingerprint density at radius 3 is 1.88 bits per heavy atom. The third kappa shape index (κ3) is 4.07. The van der Waals surface area contributed by atoms with Crippen LogP contribution < -0.4 is 10.6 Å². The quantitative estimate of drug-likeness (QED) is 0.690. The predicted molar refractivity (Wildman–Crippen MR) is 61.6 cm³/mol. The highest BCUT2D eigenvalue weighted by atomic mass is 31.1. The minimum Gasteiger partial charge on any atom is -0.311 e. The van der Waals surface area contributed by atoms with Crippen molar-refractivity contribution < 1.29 is 13.6 Å². The van der Waals surface area contributed by atoms with Crippen molar-refractivity contribution in [1.82, 2.24) is 10.6 Å². The van der Waals surface area contributed by atoms with Crippen LogP contribution in [0.1, 0.15) is 25.7 Å². The lowest BCUT2D eigenvalue weighted by Crippen LogP contribution is -2.27. The summed E-state index contributed by atoms with van der Waals surface area (Å²) >= 11 is 0. The summed E-state index contributed by atoms with van der Waals surface area (Å²) in [5.41, 5.74) is 0. The minimum atomic E-state index is -1.94. The lowest BCUT2D eigenvalue weighted by atomic mass is 10.2. The highest BCUT2D eigenvalue weighted by Gasteiger charge is 2.27. The van der Waals surface area contributed by atoms with Crippen LogP contribution in [0, 0.1) is 0 Å². The summed E-state index contributed by atoms with van der Waals surface area (Å²) in [5, 5.41) is 6.58. The van der Waals surface area contributed by atoms with Crippen LogP contribution in [0.25, 0.3) is 0 Å². The maximum atomic E-state index is 11.4.